The SMILES string of the molecule is CC(CNC(=O)OCc1ccccc1)CC(=O)NCC(O)(CCc1ccccc1)c1nc2ccccc2o1. The maximum atomic E-state index is 12.7. The van der Waals surface area contributed by atoms with E-state index in [0.717, 1.165) is 11.1 Å². The van der Waals surface area contributed by atoms with Crippen LogP contribution < -0.4 is 10.6 Å². The number of nitrogens with zero attached hydrogens (tertiary/aromatic N) is 1. The number of benzene rings is 3. The Morgan fingerprint density at radius 2 is 1.61 bits per heavy atom. The van der Waals surface area contributed by atoms with E-state index in [1.165, 1.54) is 0 Å². The standard InChI is InChI=1S/C30H33N3O5/c1-22(19-31-29(35)37-20-24-12-6-3-7-13-24)18-27(34)32-21-30(36,17-16-23-10-4-2-5-11-23)28-33-25-14-8-9-15-26(25)38-28/h2-15,22,36H,16-21H2,1H3,(H,31,35)(H,32,34). The molecule has 0 aliphatic carbocycles. The predicted octanol–water partition coefficient (Wildman–Crippen LogP) is 4.72. The van der Waals surface area contributed by atoms with E-state index >= 15 is 0 Å². The Morgan fingerprint density at radius 3 is 2.32 bits per heavy atom. The molecule has 0 radical (unpaired) electrons. The van der Waals surface area contributed by atoms with Crippen LogP contribution in [0.2, 0.25) is 0 Å². The van der Waals surface area contributed by atoms with Crippen molar-refractivity contribution in [3.05, 3.63) is 102 Å². The van der Waals surface area contributed by atoms with E-state index in [0.29, 0.717) is 23.9 Å². The van der Waals surface area contributed by atoms with Gasteiger partial charge in [0.2, 0.25) is 11.8 Å². The highest BCUT2D eigenvalue weighted by Gasteiger charge is 2.35. The largest absolute Gasteiger partial charge is 0.445 e. The molecule has 4 aromatic rings. The summed E-state index contributed by atoms with van der Waals surface area (Å²) in [6, 6.07) is 26.5. The van der Waals surface area contributed by atoms with Gasteiger partial charge in [0.1, 0.15) is 12.1 Å². The van der Waals surface area contributed by atoms with Gasteiger partial charge in [0.05, 0.1) is 6.54 Å². The lowest BCUT2D eigenvalue weighted by atomic mass is 9.94. The van der Waals surface area contributed by atoms with Crippen LogP contribution in [0.3, 0.4) is 0 Å². The molecule has 1 aromatic heterocycles. The second kappa shape index (κ2) is 12.9. The van der Waals surface area contributed by atoms with Gasteiger partial charge in [0, 0.05) is 13.0 Å². The summed E-state index contributed by atoms with van der Waals surface area (Å²) in [5.74, 6) is -0.210. The molecule has 0 spiro atoms. The summed E-state index contributed by atoms with van der Waals surface area (Å²) in [5, 5.41) is 17.1. The number of ether oxygens (including phenoxy) is 1. The van der Waals surface area contributed by atoms with Crippen LogP contribution in [-0.4, -0.2) is 35.2 Å². The first-order valence-electron chi connectivity index (χ1n) is 12.7. The van der Waals surface area contributed by atoms with Crippen LogP contribution in [0, 0.1) is 5.92 Å². The highest BCUT2D eigenvalue weighted by molar-refractivity contribution is 5.76. The topological polar surface area (TPSA) is 114 Å². The number of aliphatic hydroxyl groups is 1. The van der Waals surface area contributed by atoms with Crippen LogP contribution in [0.1, 0.15) is 36.8 Å². The number of oxazole rings is 1. The van der Waals surface area contributed by atoms with Crippen molar-refractivity contribution >= 4 is 23.1 Å². The second-order valence-corrected chi connectivity index (χ2v) is 9.53. The van der Waals surface area contributed by atoms with Crippen molar-refractivity contribution in [3.8, 4) is 0 Å². The monoisotopic (exact) mass is 515 g/mol. The molecule has 2 atom stereocenters. The lowest BCUT2D eigenvalue weighted by Crippen LogP contribution is -2.42. The number of alkyl carbamates (subject to hydrolysis) is 1. The van der Waals surface area contributed by atoms with Crippen LogP contribution in [0.25, 0.3) is 11.1 Å². The number of nitrogens with one attached hydrogen (secondary N) is 2. The fourth-order valence-electron chi connectivity index (χ4n) is 4.08. The van der Waals surface area contributed by atoms with Crippen molar-refractivity contribution in [2.75, 3.05) is 13.1 Å². The number of amides is 2. The molecule has 8 nitrogen and oxygen atoms in total. The second-order valence-electron chi connectivity index (χ2n) is 9.53. The van der Waals surface area contributed by atoms with E-state index in [4.69, 9.17) is 9.15 Å². The number of aryl methyl sites for hydroxylation is 1. The molecule has 8 heteroatoms. The minimum absolute atomic E-state index is 0.0508. The van der Waals surface area contributed by atoms with E-state index in [9.17, 15) is 14.7 Å². The van der Waals surface area contributed by atoms with E-state index in [-0.39, 0.29) is 43.8 Å². The minimum atomic E-state index is -1.49. The van der Waals surface area contributed by atoms with Crippen molar-refractivity contribution in [2.24, 2.45) is 5.92 Å². The number of carbonyl (C=O) groups excluding carboxylic acids is 2. The molecule has 0 saturated heterocycles. The van der Waals surface area contributed by atoms with E-state index in [1.807, 2.05) is 85.8 Å². The molecule has 0 aliphatic rings. The summed E-state index contributed by atoms with van der Waals surface area (Å²) in [4.78, 5) is 29.2. The molecule has 1 heterocycles. The molecule has 4 rings (SSSR count). The average Bonchev–Trinajstić information content (AvgIpc) is 3.39. The molecule has 38 heavy (non-hydrogen) atoms. The van der Waals surface area contributed by atoms with Gasteiger partial charge in [-0.1, -0.05) is 79.7 Å². The Balaban J connectivity index is 1.30. The van der Waals surface area contributed by atoms with E-state index in [1.54, 1.807) is 6.07 Å². The summed E-state index contributed by atoms with van der Waals surface area (Å²) in [6.07, 6.45) is 0.528. The third kappa shape index (κ3) is 7.66. The number of carbonyl (C=O) groups is 2. The summed E-state index contributed by atoms with van der Waals surface area (Å²) < 4.78 is 11.1. The third-order valence-corrected chi connectivity index (χ3v) is 6.28. The fourth-order valence-corrected chi connectivity index (χ4v) is 4.08. The highest BCUT2D eigenvalue weighted by atomic mass is 16.5. The number of aromatic nitrogens is 1. The highest BCUT2D eigenvalue weighted by Crippen LogP contribution is 2.29. The Hall–Kier alpha value is -4.17. The minimum Gasteiger partial charge on any atom is -0.445 e. The molecule has 0 bridgehead atoms. The molecule has 0 aliphatic heterocycles. The zero-order valence-corrected chi connectivity index (χ0v) is 21.4. The summed E-state index contributed by atoms with van der Waals surface area (Å²) in [5.41, 5.74) is 1.69. The maximum Gasteiger partial charge on any atom is 0.407 e. The number of rotatable bonds is 12. The Bertz CT molecular complexity index is 1290. The van der Waals surface area contributed by atoms with Crippen molar-refractivity contribution < 1.29 is 23.8 Å². The molecule has 3 N–H and O–H groups in total. The van der Waals surface area contributed by atoms with Gasteiger partial charge >= 0.3 is 6.09 Å². The third-order valence-electron chi connectivity index (χ3n) is 6.28. The zero-order valence-electron chi connectivity index (χ0n) is 21.4. The first kappa shape index (κ1) is 26.9. The van der Waals surface area contributed by atoms with E-state index < -0.39 is 11.7 Å². The Labute approximate surface area is 222 Å². The van der Waals surface area contributed by atoms with Gasteiger partial charge in [-0.15, -0.1) is 0 Å². The lowest BCUT2D eigenvalue weighted by molar-refractivity contribution is -0.123. The van der Waals surface area contributed by atoms with Crippen LogP contribution in [0.4, 0.5) is 4.79 Å². The van der Waals surface area contributed by atoms with Gasteiger partial charge < -0.3 is 24.9 Å². The van der Waals surface area contributed by atoms with Crippen molar-refractivity contribution in [1.82, 2.24) is 15.6 Å². The molecule has 0 saturated carbocycles. The van der Waals surface area contributed by atoms with Gasteiger partial charge in [-0.25, -0.2) is 9.78 Å². The number of hydrogen-bond acceptors (Lipinski definition) is 6. The fraction of sp³-hybridized carbons (Fsp3) is 0.300. The first-order chi connectivity index (χ1) is 18.4. The molecular formula is C30H33N3O5. The average molecular weight is 516 g/mol. The number of fused-ring (bicyclic) bond motifs is 1. The molecule has 2 amide bonds. The molecular weight excluding hydrogens is 482 g/mol. The van der Waals surface area contributed by atoms with E-state index in [2.05, 4.69) is 15.6 Å². The normalized spacial score (nSPS) is 13.4. The zero-order chi connectivity index (χ0) is 26.8. The van der Waals surface area contributed by atoms with Gasteiger partial charge in [0.15, 0.2) is 11.2 Å². The van der Waals surface area contributed by atoms with Crippen molar-refractivity contribution in [3.63, 3.8) is 0 Å². The Kier molecular flexibility index (Phi) is 9.11. The van der Waals surface area contributed by atoms with Crippen molar-refractivity contribution in [2.45, 2.75) is 38.4 Å². The summed E-state index contributed by atoms with van der Waals surface area (Å²) in [6.45, 7) is 2.27. The molecule has 198 valence electrons. The van der Waals surface area contributed by atoms with Crippen LogP contribution in [-0.2, 0) is 28.2 Å². The summed E-state index contributed by atoms with van der Waals surface area (Å²) in [7, 11) is 0. The predicted molar refractivity (Wildman–Crippen MR) is 144 cm³/mol. The van der Waals surface area contributed by atoms with Gasteiger partial charge in [-0.3, -0.25) is 4.79 Å². The van der Waals surface area contributed by atoms with Gasteiger partial charge in [-0.2, -0.15) is 0 Å². The number of hydrogen-bond donors (Lipinski definition) is 3. The molecule has 0 fully saturated rings. The van der Waals surface area contributed by atoms with Crippen LogP contribution >= 0.6 is 0 Å². The Morgan fingerprint density at radius 1 is 0.947 bits per heavy atom. The summed E-state index contributed by atoms with van der Waals surface area (Å²) >= 11 is 0. The van der Waals surface area contributed by atoms with Crippen molar-refractivity contribution in [1.29, 1.82) is 0 Å². The molecule has 3 aromatic carbocycles. The maximum absolute atomic E-state index is 12.7. The smallest absolute Gasteiger partial charge is 0.407 e. The number of para-hydroxylation sites is 2. The van der Waals surface area contributed by atoms with Crippen LogP contribution in [0.15, 0.2) is 89.3 Å². The quantitative estimate of drug-likeness (QED) is 0.252. The first-order valence-corrected chi connectivity index (χ1v) is 12.7. The van der Waals surface area contributed by atoms with Crippen LogP contribution in [0.5, 0.6) is 0 Å². The lowest BCUT2D eigenvalue weighted by Gasteiger charge is -2.25. The molecule has 2 unspecified atom stereocenters. The van der Waals surface area contributed by atoms with Gasteiger partial charge in [-0.05, 0) is 42.0 Å². The van der Waals surface area contributed by atoms with Gasteiger partial charge in [0.25, 0.3) is 0 Å².